The smallest absolute Gasteiger partial charge is 0.0377 e. The van der Waals surface area contributed by atoms with Crippen LogP contribution in [-0.4, -0.2) is 17.5 Å². The zero-order chi connectivity index (χ0) is 14.9. The molecular formula is C19H29NS. The molecule has 0 spiro atoms. The van der Waals surface area contributed by atoms with Gasteiger partial charge in [-0.2, -0.15) is 11.8 Å². The predicted molar refractivity (Wildman–Crippen MR) is 94.0 cm³/mol. The third-order valence-electron chi connectivity index (χ3n) is 5.57. The predicted octanol–water partition coefficient (Wildman–Crippen LogP) is 4.96. The average Bonchev–Trinajstić information content (AvgIpc) is 2.50. The summed E-state index contributed by atoms with van der Waals surface area (Å²) in [5.41, 5.74) is 3.47. The van der Waals surface area contributed by atoms with Gasteiger partial charge in [0, 0.05) is 17.3 Å². The molecule has 2 aliphatic carbocycles. The first-order valence-electron chi connectivity index (χ1n) is 8.48. The molecule has 1 saturated carbocycles. The molecule has 1 nitrogen and oxygen atoms in total. The van der Waals surface area contributed by atoms with Crippen LogP contribution in [0.1, 0.15) is 63.1 Å². The van der Waals surface area contributed by atoms with E-state index in [1.165, 1.54) is 38.5 Å². The lowest BCUT2D eigenvalue weighted by molar-refractivity contribution is 0.182. The molecule has 0 saturated heterocycles. The second kappa shape index (κ2) is 6.34. The van der Waals surface area contributed by atoms with Crippen LogP contribution in [0.3, 0.4) is 0 Å². The van der Waals surface area contributed by atoms with Crippen molar-refractivity contribution in [2.45, 2.75) is 69.7 Å². The third-order valence-corrected chi connectivity index (χ3v) is 6.74. The van der Waals surface area contributed by atoms with Crippen molar-refractivity contribution in [1.29, 1.82) is 0 Å². The second-order valence-electron chi connectivity index (χ2n) is 7.45. The highest BCUT2D eigenvalue weighted by molar-refractivity contribution is 7.99. The van der Waals surface area contributed by atoms with Crippen molar-refractivity contribution >= 4 is 11.8 Å². The van der Waals surface area contributed by atoms with Crippen molar-refractivity contribution in [2.75, 3.05) is 6.26 Å². The Hall–Kier alpha value is -0.470. The molecule has 0 aromatic heterocycles. The maximum Gasteiger partial charge on any atom is 0.0377 e. The molecular weight excluding hydrogens is 274 g/mol. The van der Waals surface area contributed by atoms with E-state index in [0.717, 1.165) is 5.25 Å². The number of hydrogen-bond donors (Lipinski definition) is 1. The van der Waals surface area contributed by atoms with E-state index in [2.05, 4.69) is 61.4 Å². The van der Waals surface area contributed by atoms with Gasteiger partial charge in [-0.3, -0.25) is 0 Å². The molecule has 0 amide bonds. The van der Waals surface area contributed by atoms with Crippen molar-refractivity contribution in [2.24, 2.45) is 5.41 Å². The molecule has 2 aliphatic rings. The molecule has 0 bridgehead atoms. The van der Waals surface area contributed by atoms with E-state index in [-0.39, 0.29) is 0 Å². The van der Waals surface area contributed by atoms with Crippen LogP contribution >= 0.6 is 11.8 Å². The first kappa shape index (κ1) is 15.4. The molecule has 116 valence electrons. The highest BCUT2D eigenvalue weighted by atomic mass is 32.2. The summed E-state index contributed by atoms with van der Waals surface area (Å²) in [7, 11) is 0. The minimum Gasteiger partial charge on any atom is -0.306 e. The van der Waals surface area contributed by atoms with Gasteiger partial charge >= 0.3 is 0 Å². The van der Waals surface area contributed by atoms with Gasteiger partial charge in [0.15, 0.2) is 0 Å². The van der Waals surface area contributed by atoms with Gasteiger partial charge in [0.05, 0.1) is 0 Å². The quantitative estimate of drug-likeness (QED) is 0.846. The molecule has 1 aromatic carbocycles. The van der Waals surface area contributed by atoms with E-state index in [9.17, 15) is 0 Å². The Labute approximate surface area is 134 Å². The topological polar surface area (TPSA) is 12.0 Å². The fourth-order valence-electron chi connectivity index (χ4n) is 4.16. The van der Waals surface area contributed by atoms with Crippen molar-refractivity contribution in [3.8, 4) is 0 Å². The van der Waals surface area contributed by atoms with Gasteiger partial charge in [-0.05, 0) is 48.5 Å². The van der Waals surface area contributed by atoms with Crippen LogP contribution in [0.5, 0.6) is 0 Å². The zero-order valence-corrected chi connectivity index (χ0v) is 14.5. The number of hydrogen-bond acceptors (Lipinski definition) is 2. The number of benzene rings is 1. The van der Waals surface area contributed by atoms with Gasteiger partial charge in [-0.15, -0.1) is 0 Å². The van der Waals surface area contributed by atoms with Gasteiger partial charge in [0.2, 0.25) is 0 Å². The fourth-order valence-corrected chi connectivity index (χ4v) is 5.11. The standard InChI is InChI=1S/C19H29NS/c1-19(2)13-12-14-8-4-5-9-15(14)18(19)20-16-10-6-7-11-17(16)21-3/h4-5,8-9,16-18,20H,6-7,10-13H2,1-3H3. The second-order valence-corrected chi connectivity index (χ2v) is 8.53. The first-order chi connectivity index (χ1) is 10.1. The van der Waals surface area contributed by atoms with Crippen molar-refractivity contribution in [3.63, 3.8) is 0 Å². The first-order valence-corrected chi connectivity index (χ1v) is 9.77. The minimum atomic E-state index is 0.356. The largest absolute Gasteiger partial charge is 0.306 e. The maximum atomic E-state index is 4.08. The summed E-state index contributed by atoms with van der Waals surface area (Å²) < 4.78 is 0. The van der Waals surface area contributed by atoms with E-state index in [4.69, 9.17) is 0 Å². The minimum absolute atomic E-state index is 0.356. The molecule has 0 aliphatic heterocycles. The summed E-state index contributed by atoms with van der Waals surface area (Å²) in [4.78, 5) is 0. The molecule has 0 heterocycles. The van der Waals surface area contributed by atoms with E-state index < -0.39 is 0 Å². The SMILES string of the molecule is CSC1CCCCC1NC1c2ccccc2CCC1(C)C. The summed E-state index contributed by atoms with van der Waals surface area (Å²) in [6, 6.07) is 10.3. The monoisotopic (exact) mass is 303 g/mol. The fraction of sp³-hybridized carbons (Fsp3) is 0.684. The lowest BCUT2D eigenvalue weighted by atomic mass is 9.70. The molecule has 2 heteroatoms. The summed E-state index contributed by atoms with van der Waals surface area (Å²) in [6.07, 6.45) is 10.3. The van der Waals surface area contributed by atoms with Crippen molar-refractivity contribution < 1.29 is 0 Å². The Balaban J connectivity index is 1.85. The lowest BCUT2D eigenvalue weighted by Crippen LogP contribution is -2.48. The Morgan fingerprint density at radius 2 is 1.90 bits per heavy atom. The zero-order valence-electron chi connectivity index (χ0n) is 13.7. The normalized spacial score (nSPS) is 31.7. The van der Waals surface area contributed by atoms with Crippen LogP contribution in [0.2, 0.25) is 0 Å². The van der Waals surface area contributed by atoms with Crippen LogP contribution in [-0.2, 0) is 6.42 Å². The highest BCUT2D eigenvalue weighted by Gasteiger charge is 2.38. The summed E-state index contributed by atoms with van der Waals surface area (Å²) in [5.74, 6) is 0. The molecule has 1 N–H and O–H groups in total. The Morgan fingerprint density at radius 1 is 1.14 bits per heavy atom. The lowest BCUT2D eigenvalue weighted by Gasteiger charge is -2.44. The van der Waals surface area contributed by atoms with Crippen LogP contribution in [0.25, 0.3) is 0 Å². The summed E-state index contributed by atoms with van der Waals surface area (Å²) in [6.45, 7) is 4.88. The maximum absolute atomic E-state index is 4.08. The van der Waals surface area contributed by atoms with Crippen molar-refractivity contribution in [1.82, 2.24) is 5.32 Å². The van der Waals surface area contributed by atoms with E-state index in [1.807, 2.05) is 0 Å². The molecule has 3 rings (SSSR count). The van der Waals surface area contributed by atoms with Gasteiger partial charge in [-0.25, -0.2) is 0 Å². The number of fused-ring (bicyclic) bond motifs is 1. The van der Waals surface area contributed by atoms with Gasteiger partial charge in [0.1, 0.15) is 0 Å². The number of nitrogens with one attached hydrogen (secondary N) is 1. The Kier molecular flexibility index (Phi) is 4.66. The van der Waals surface area contributed by atoms with E-state index in [1.54, 1.807) is 11.1 Å². The van der Waals surface area contributed by atoms with Crippen LogP contribution in [0.15, 0.2) is 24.3 Å². The molecule has 0 radical (unpaired) electrons. The van der Waals surface area contributed by atoms with E-state index >= 15 is 0 Å². The van der Waals surface area contributed by atoms with Gasteiger partial charge in [0.25, 0.3) is 0 Å². The summed E-state index contributed by atoms with van der Waals surface area (Å²) in [5, 5.41) is 4.88. The summed E-state index contributed by atoms with van der Waals surface area (Å²) >= 11 is 2.06. The van der Waals surface area contributed by atoms with Crippen molar-refractivity contribution in [3.05, 3.63) is 35.4 Å². The molecule has 3 unspecified atom stereocenters. The van der Waals surface area contributed by atoms with Crippen LogP contribution in [0.4, 0.5) is 0 Å². The number of aryl methyl sites for hydroxylation is 1. The average molecular weight is 304 g/mol. The molecule has 3 atom stereocenters. The molecule has 1 aromatic rings. The Bertz CT molecular complexity index is 482. The number of rotatable bonds is 3. The molecule has 1 fully saturated rings. The molecule has 21 heavy (non-hydrogen) atoms. The van der Waals surface area contributed by atoms with E-state index in [0.29, 0.717) is 17.5 Å². The van der Waals surface area contributed by atoms with Crippen LogP contribution in [0, 0.1) is 5.41 Å². The number of thioether (sulfide) groups is 1. The van der Waals surface area contributed by atoms with Gasteiger partial charge in [-0.1, -0.05) is 51.0 Å². The Morgan fingerprint density at radius 3 is 2.71 bits per heavy atom. The third kappa shape index (κ3) is 3.17. The highest BCUT2D eigenvalue weighted by Crippen LogP contribution is 2.44. The van der Waals surface area contributed by atoms with Crippen LogP contribution < -0.4 is 5.32 Å². The van der Waals surface area contributed by atoms with Gasteiger partial charge < -0.3 is 5.32 Å².